The van der Waals surface area contributed by atoms with Crippen LogP contribution in [0.3, 0.4) is 0 Å². The predicted octanol–water partition coefficient (Wildman–Crippen LogP) is 3.88. The first-order valence-electron chi connectivity index (χ1n) is 18.7. The molecule has 0 atom stereocenters. The molecule has 4 aromatic carbocycles. The zero-order valence-electron chi connectivity index (χ0n) is 32.4. The summed E-state index contributed by atoms with van der Waals surface area (Å²) in [6.45, 7) is 0. The molecular weight excluding hydrogens is 1050 g/mol. The van der Waals surface area contributed by atoms with Gasteiger partial charge in [-0.05, 0) is 119 Å². The topological polar surface area (TPSA) is 275 Å². The molecule has 70 heavy (non-hydrogen) atoms. The fourth-order valence-electron chi connectivity index (χ4n) is 7.59. The molecule has 7 aromatic rings. The van der Waals surface area contributed by atoms with Crippen molar-refractivity contribution in [3.05, 3.63) is 144 Å². The molecule has 16 nitrogen and oxygen atoms in total. The summed E-state index contributed by atoms with van der Waals surface area (Å²) in [7, 11) is -18.2. The molecular formula is C44H38Mg2N4Na4O12S4. The van der Waals surface area contributed by atoms with Crippen LogP contribution in [0.4, 0.5) is 0 Å². The van der Waals surface area contributed by atoms with Gasteiger partial charge in [0.05, 0.1) is 42.4 Å². The second-order valence-electron chi connectivity index (χ2n) is 14.5. The summed E-state index contributed by atoms with van der Waals surface area (Å²) in [5.41, 5.74) is 7.41. The molecule has 8 bridgehead atoms. The van der Waals surface area contributed by atoms with E-state index in [-0.39, 0.29) is 184 Å². The van der Waals surface area contributed by atoms with Gasteiger partial charge in [-0.1, -0.05) is 48.5 Å². The van der Waals surface area contributed by atoms with Crippen molar-refractivity contribution in [2.75, 3.05) is 0 Å². The number of nitrogens with zero attached hydrogens (tertiary/aromatic N) is 2. The van der Waals surface area contributed by atoms with Crippen LogP contribution in [0.1, 0.15) is 22.8 Å². The number of hydrogen-bond donors (Lipinski definition) is 6. The summed E-state index contributed by atoms with van der Waals surface area (Å²) < 4.78 is 135. The second kappa shape index (κ2) is 24.5. The van der Waals surface area contributed by atoms with E-state index >= 15 is 0 Å². The normalized spacial score (nSPS) is 11.9. The van der Waals surface area contributed by atoms with Gasteiger partial charge in [0.15, 0.2) is 0 Å². The van der Waals surface area contributed by atoms with Gasteiger partial charge < -0.3 is 9.97 Å². The van der Waals surface area contributed by atoms with Crippen LogP contribution in [0.25, 0.3) is 90.9 Å². The zero-order chi connectivity index (χ0) is 45.3. The van der Waals surface area contributed by atoms with E-state index in [4.69, 9.17) is 9.97 Å². The number of nitrogens with one attached hydrogen (secondary N) is 2. The Morgan fingerprint density at radius 3 is 0.629 bits per heavy atom. The van der Waals surface area contributed by atoms with Crippen molar-refractivity contribution in [3.63, 3.8) is 0 Å². The SMILES string of the molecule is O=S(=O)(O)c1ccc(-c2c3nc(c(-c4ccc(S(=O)(=O)O)cc4)c4ccc([nH]4)c(-c4ccc(S(=O)(=O)O)cc4)c4nc(c(-c5ccc(S(=O)(=O)O)cc5)c5ccc2[nH]5)C=C4)C=C3)cc1.[MgH2].[MgH2].[NaH].[NaH].[NaH].[NaH]. The summed E-state index contributed by atoms with van der Waals surface area (Å²) in [6, 6.07) is 29.0. The van der Waals surface area contributed by atoms with Crippen LogP contribution in [0, 0.1) is 0 Å². The summed E-state index contributed by atoms with van der Waals surface area (Å²) in [5, 5.41) is 0. The second-order valence-corrected chi connectivity index (χ2v) is 20.2. The number of hydrogen-bond acceptors (Lipinski definition) is 10. The molecule has 9 rings (SSSR count). The average Bonchev–Trinajstić information content (AvgIpc) is 4.08. The van der Waals surface area contributed by atoms with E-state index in [0.29, 0.717) is 89.4 Å². The first kappa shape index (κ1) is 62.9. The van der Waals surface area contributed by atoms with Crippen LogP contribution < -0.4 is 0 Å². The molecule has 338 valence electrons. The standard InChI is InChI=1S/C44H30N4O12S4.2Mg.4Na.8H/c49-61(50,51)29-9-1-25(2-10-29)41-33-17-19-35(45-33)42(26-3-11-30(12-4-26)62(52,53)54)37-21-23-39(47-37)44(28-7-15-32(16-8-28)64(58,59)60)40-24-22-38(48-40)43(36-20-18-34(41)46-36)27-5-13-31(14-6-27)63(55,56)57;;;;;;;;;;;;;;/h1-24,45,48H,(H,49,50,51)(H,52,53,54)(H,55,56,57)(H,58,59,60);;;;;;;;;;;;;;. The Hall–Kier alpha value is -1.35. The first-order chi connectivity index (χ1) is 30.2. The van der Waals surface area contributed by atoms with Gasteiger partial charge in [-0.3, -0.25) is 18.2 Å². The van der Waals surface area contributed by atoms with Crippen molar-refractivity contribution < 1.29 is 51.9 Å². The fraction of sp³-hybridized carbons (Fsp3) is 0. The number of benzene rings is 4. The molecule has 0 saturated carbocycles. The van der Waals surface area contributed by atoms with Gasteiger partial charge in [-0.25, -0.2) is 9.97 Å². The third kappa shape index (κ3) is 13.4. The molecule has 26 heteroatoms. The van der Waals surface area contributed by atoms with E-state index in [9.17, 15) is 51.9 Å². The van der Waals surface area contributed by atoms with E-state index in [0.717, 1.165) is 0 Å². The maximum atomic E-state index is 12.0. The molecule has 0 amide bonds. The molecule has 2 aliphatic rings. The van der Waals surface area contributed by atoms with Crippen LogP contribution in [0.2, 0.25) is 0 Å². The van der Waals surface area contributed by atoms with Crippen LogP contribution in [0.5, 0.6) is 0 Å². The summed E-state index contributed by atoms with van der Waals surface area (Å²) in [4.78, 5) is 15.6. The number of aromatic amines is 2. The monoisotopic (exact) mass is 1080 g/mol. The Labute approximate surface area is 523 Å². The van der Waals surface area contributed by atoms with Crippen molar-refractivity contribution in [2.24, 2.45) is 0 Å². The molecule has 0 aliphatic carbocycles. The molecule has 6 N–H and O–H groups in total. The van der Waals surface area contributed by atoms with Gasteiger partial charge in [-0.15, -0.1) is 0 Å². The van der Waals surface area contributed by atoms with Gasteiger partial charge >= 0.3 is 164 Å². The van der Waals surface area contributed by atoms with Crippen molar-refractivity contribution >= 4 is 251 Å². The van der Waals surface area contributed by atoms with Crippen LogP contribution in [-0.2, 0) is 40.5 Å². The van der Waals surface area contributed by atoms with Gasteiger partial charge in [0.2, 0.25) is 0 Å². The van der Waals surface area contributed by atoms with E-state index in [1.807, 2.05) is 0 Å². The minimum atomic E-state index is -4.55. The van der Waals surface area contributed by atoms with Gasteiger partial charge in [0.1, 0.15) is 0 Å². The Bertz CT molecular complexity index is 3330. The Kier molecular flexibility index (Phi) is 22.1. The van der Waals surface area contributed by atoms with E-state index in [1.54, 1.807) is 48.6 Å². The van der Waals surface area contributed by atoms with Gasteiger partial charge in [0.25, 0.3) is 40.5 Å². The first-order valence-corrected chi connectivity index (χ1v) is 24.5. The third-order valence-electron chi connectivity index (χ3n) is 10.5. The summed E-state index contributed by atoms with van der Waals surface area (Å²) in [5.74, 6) is 0. The minimum absolute atomic E-state index is 0. The third-order valence-corrected chi connectivity index (χ3v) is 14.0. The van der Waals surface area contributed by atoms with Crippen molar-refractivity contribution in [1.29, 1.82) is 0 Å². The Morgan fingerprint density at radius 2 is 0.471 bits per heavy atom. The van der Waals surface area contributed by atoms with Crippen molar-refractivity contribution in [1.82, 2.24) is 19.9 Å². The van der Waals surface area contributed by atoms with Crippen molar-refractivity contribution in [3.8, 4) is 44.5 Å². The van der Waals surface area contributed by atoms with Crippen LogP contribution in [0.15, 0.2) is 141 Å². The predicted molar refractivity (Wildman–Crippen MR) is 286 cm³/mol. The average molecular weight is 1080 g/mol. The molecule has 0 radical (unpaired) electrons. The fourth-order valence-corrected chi connectivity index (χ4v) is 9.51. The summed E-state index contributed by atoms with van der Waals surface area (Å²) >= 11 is 0. The maximum absolute atomic E-state index is 12.0. The molecule has 5 heterocycles. The zero-order valence-corrected chi connectivity index (χ0v) is 35.7. The number of fused-ring (bicyclic) bond motifs is 8. The molecule has 0 fully saturated rings. The van der Waals surface area contributed by atoms with Crippen LogP contribution in [-0.4, -0.2) is 236 Å². The quantitative estimate of drug-likeness (QED) is 0.0932. The number of H-pyrrole nitrogens is 2. The van der Waals surface area contributed by atoms with E-state index in [1.165, 1.54) is 97.1 Å². The molecule has 3 aromatic heterocycles. The molecule has 0 unspecified atom stereocenters. The molecule has 0 saturated heterocycles. The number of aromatic nitrogens is 4. The summed E-state index contributed by atoms with van der Waals surface area (Å²) in [6.07, 6.45) is 6.92. The van der Waals surface area contributed by atoms with Crippen LogP contribution >= 0.6 is 0 Å². The van der Waals surface area contributed by atoms with Crippen molar-refractivity contribution in [2.45, 2.75) is 19.6 Å². The Morgan fingerprint density at radius 1 is 0.300 bits per heavy atom. The van der Waals surface area contributed by atoms with Gasteiger partial charge in [0, 0.05) is 44.3 Å². The van der Waals surface area contributed by atoms with E-state index < -0.39 is 40.5 Å². The Balaban J connectivity index is 0.00000216. The molecule has 0 spiro atoms. The van der Waals surface area contributed by atoms with Gasteiger partial charge in [-0.2, -0.15) is 33.7 Å². The number of rotatable bonds is 8. The van der Waals surface area contributed by atoms with E-state index in [2.05, 4.69) is 9.97 Å². The molecule has 2 aliphatic heterocycles.